The van der Waals surface area contributed by atoms with E-state index >= 15 is 0 Å². The third-order valence-corrected chi connectivity index (χ3v) is 4.05. The molecule has 0 heterocycles. The standard InChI is InChI=1S/C15H22O3/c1-4-10(2)14(16)11(3)12-6-5-7-13(9-8-12)15(17)18/h4,11-13H,1-2,5-9H2,3H3,(H,17,18). The smallest absolute Gasteiger partial charge is 0.306 e. The summed E-state index contributed by atoms with van der Waals surface area (Å²) in [6.07, 6.45) is 5.54. The summed E-state index contributed by atoms with van der Waals surface area (Å²) in [5.74, 6) is -0.699. The van der Waals surface area contributed by atoms with Crippen LogP contribution in [0.4, 0.5) is 0 Å². The minimum Gasteiger partial charge on any atom is -0.481 e. The summed E-state index contributed by atoms with van der Waals surface area (Å²) in [4.78, 5) is 23.0. The van der Waals surface area contributed by atoms with Crippen LogP contribution >= 0.6 is 0 Å². The Hall–Kier alpha value is -1.38. The predicted octanol–water partition coefficient (Wildman–Crippen LogP) is 3.21. The van der Waals surface area contributed by atoms with Gasteiger partial charge in [-0.25, -0.2) is 0 Å². The van der Waals surface area contributed by atoms with E-state index in [2.05, 4.69) is 13.2 Å². The van der Waals surface area contributed by atoms with Gasteiger partial charge in [-0.2, -0.15) is 0 Å². The summed E-state index contributed by atoms with van der Waals surface area (Å²) < 4.78 is 0. The molecular weight excluding hydrogens is 228 g/mol. The lowest BCUT2D eigenvalue weighted by molar-refractivity contribution is -0.142. The molecule has 0 radical (unpaired) electrons. The number of rotatable bonds is 5. The predicted molar refractivity (Wildman–Crippen MR) is 71.2 cm³/mol. The molecule has 0 aromatic heterocycles. The summed E-state index contributed by atoms with van der Waals surface area (Å²) >= 11 is 0. The van der Waals surface area contributed by atoms with E-state index in [1.165, 1.54) is 6.08 Å². The number of carbonyl (C=O) groups excluding carboxylic acids is 1. The van der Waals surface area contributed by atoms with E-state index in [0.717, 1.165) is 25.7 Å². The highest BCUT2D eigenvalue weighted by molar-refractivity contribution is 5.98. The Morgan fingerprint density at radius 2 is 1.94 bits per heavy atom. The Balaban J connectivity index is 2.62. The van der Waals surface area contributed by atoms with Crippen molar-refractivity contribution in [1.82, 2.24) is 0 Å². The van der Waals surface area contributed by atoms with Crippen molar-refractivity contribution >= 4 is 11.8 Å². The fraction of sp³-hybridized carbons (Fsp3) is 0.600. The Morgan fingerprint density at radius 3 is 2.50 bits per heavy atom. The van der Waals surface area contributed by atoms with E-state index < -0.39 is 5.97 Å². The molecule has 0 aromatic carbocycles. The van der Waals surface area contributed by atoms with Crippen LogP contribution in [0.5, 0.6) is 0 Å². The Labute approximate surface area is 109 Å². The normalized spacial score (nSPS) is 25.8. The molecular formula is C15H22O3. The molecule has 0 spiro atoms. The molecule has 1 rings (SSSR count). The maximum Gasteiger partial charge on any atom is 0.306 e. The van der Waals surface area contributed by atoms with Gasteiger partial charge in [-0.15, -0.1) is 0 Å². The van der Waals surface area contributed by atoms with Gasteiger partial charge in [0.05, 0.1) is 5.92 Å². The van der Waals surface area contributed by atoms with Gasteiger partial charge in [0.15, 0.2) is 5.78 Å². The second-order valence-electron chi connectivity index (χ2n) is 5.19. The van der Waals surface area contributed by atoms with E-state index in [-0.39, 0.29) is 23.5 Å². The molecule has 1 aliphatic carbocycles. The highest BCUT2D eigenvalue weighted by Crippen LogP contribution is 2.33. The van der Waals surface area contributed by atoms with E-state index in [1.807, 2.05) is 6.92 Å². The van der Waals surface area contributed by atoms with Gasteiger partial charge in [-0.3, -0.25) is 9.59 Å². The zero-order valence-corrected chi connectivity index (χ0v) is 11.0. The van der Waals surface area contributed by atoms with Crippen LogP contribution in [0, 0.1) is 17.8 Å². The Morgan fingerprint density at radius 1 is 1.28 bits per heavy atom. The molecule has 100 valence electrons. The van der Waals surface area contributed by atoms with Gasteiger partial charge in [-0.1, -0.05) is 32.6 Å². The van der Waals surface area contributed by atoms with Gasteiger partial charge < -0.3 is 5.11 Å². The van der Waals surface area contributed by atoms with E-state index in [4.69, 9.17) is 5.11 Å². The maximum absolute atomic E-state index is 12.0. The Bertz CT molecular complexity index is 357. The summed E-state index contributed by atoms with van der Waals surface area (Å²) in [5, 5.41) is 9.03. The minimum absolute atomic E-state index is 0.0452. The average molecular weight is 250 g/mol. The van der Waals surface area contributed by atoms with Crippen LogP contribution in [-0.2, 0) is 9.59 Å². The van der Waals surface area contributed by atoms with Crippen LogP contribution < -0.4 is 0 Å². The monoisotopic (exact) mass is 250 g/mol. The number of carboxylic acids is 1. The number of carboxylic acid groups (broad SMARTS) is 1. The van der Waals surface area contributed by atoms with Gasteiger partial charge in [0.25, 0.3) is 0 Å². The number of ketones is 1. The molecule has 1 fully saturated rings. The molecule has 1 aliphatic rings. The van der Waals surface area contributed by atoms with Crippen LogP contribution in [0.2, 0.25) is 0 Å². The van der Waals surface area contributed by atoms with Crippen LogP contribution in [0.25, 0.3) is 0 Å². The lowest BCUT2D eigenvalue weighted by atomic mass is 9.82. The van der Waals surface area contributed by atoms with Gasteiger partial charge in [0, 0.05) is 11.5 Å². The third kappa shape index (κ3) is 3.56. The second-order valence-corrected chi connectivity index (χ2v) is 5.19. The lowest BCUT2D eigenvalue weighted by Crippen LogP contribution is -2.21. The fourth-order valence-electron chi connectivity index (χ4n) is 2.68. The van der Waals surface area contributed by atoms with Crippen molar-refractivity contribution in [3.05, 3.63) is 24.8 Å². The van der Waals surface area contributed by atoms with Crippen molar-refractivity contribution < 1.29 is 14.7 Å². The van der Waals surface area contributed by atoms with Gasteiger partial charge in [0.2, 0.25) is 0 Å². The average Bonchev–Trinajstić information content (AvgIpc) is 2.61. The minimum atomic E-state index is -0.704. The van der Waals surface area contributed by atoms with Crippen molar-refractivity contribution in [2.75, 3.05) is 0 Å². The first kappa shape index (κ1) is 14.7. The molecule has 3 heteroatoms. The summed E-state index contributed by atoms with van der Waals surface area (Å²) in [5.41, 5.74) is 0.460. The van der Waals surface area contributed by atoms with Crippen LogP contribution in [0.15, 0.2) is 24.8 Å². The SMILES string of the molecule is C=CC(=C)C(=O)C(C)C1CCCC(C(=O)O)CC1. The van der Waals surface area contributed by atoms with Gasteiger partial charge in [0.1, 0.15) is 0 Å². The first-order valence-corrected chi connectivity index (χ1v) is 6.55. The summed E-state index contributed by atoms with van der Waals surface area (Å²) in [7, 11) is 0. The van der Waals surface area contributed by atoms with Crippen molar-refractivity contribution in [3.8, 4) is 0 Å². The molecule has 1 N–H and O–H groups in total. The number of aliphatic carboxylic acids is 1. The quantitative estimate of drug-likeness (QED) is 0.463. The third-order valence-electron chi connectivity index (χ3n) is 4.05. The number of hydrogen-bond acceptors (Lipinski definition) is 2. The van der Waals surface area contributed by atoms with Crippen molar-refractivity contribution in [2.45, 2.75) is 39.0 Å². The summed E-state index contributed by atoms with van der Waals surface area (Å²) in [6, 6.07) is 0. The zero-order valence-electron chi connectivity index (χ0n) is 11.0. The molecule has 3 unspecified atom stereocenters. The second kappa shape index (κ2) is 6.53. The number of carbonyl (C=O) groups is 2. The highest BCUT2D eigenvalue weighted by atomic mass is 16.4. The van der Waals surface area contributed by atoms with Crippen molar-refractivity contribution in [3.63, 3.8) is 0 Å². The van der Waals surface area contributed by atoms with E-state index in [1.54, 1.807) is 0 Å². The first-order valence-electron chi connectivity index (χ1n) is 6.55. The van der Waals surface area contributed by atoms with Crippen molar-refractivity contribution in [1.29, 1.82) is 0 Å². The number of Topliss-reactive ketones (excluding diaryl/α,β-unsaturated/α-hetero) is 1. The molecule has 3 nitrogen and oxygen atoms in total. The number of hydrogen-bond donors (Lipinski definition) is 1. The van der Waals surface area contributed by atoms with Gasteiger partial charge in [-0.05, 0) is 31.6 Å². The molecule has 0 amide bonds. The molecule has 0 aliphatic heterocycles. The molecule has 3 atom stereocenters. The largest absolute Gasteiger partial charge is 0.481 e. The van der Waals surface area contributed by atoms with Crippen molar-refractivity contribution in [2.24, 2.45) is 17.8 Å². The lowest BCUT2D eigenvalue weighted by Gasteiger charge is -2.21. The van der Waals surface area contributed by atoms with Crippen LogP contribution in [0.3, 0.4) is 0 Å². The van der Waals surface area contributed by atoms with Crippen LogP contribution in [-0.4, -0.2) is 16.9 Å². The van der Waals surface area contributed by atoms with Crippen LogP contribution in [0.1, 0.15) is 39.0 Å². The number of allylic oxidation sites excluding steroid dienone is 2. The molecule has 0 bridgehead atoms. The topological polar surface area (TPSA) is 54.4 Å². The highest BCUT2D eigenvalue weighted by Gasteiger charge is 2.29. The van der Waals surface area contributed by atoms with E-state index in [0.29, 0.717) is 12.0 Å². The molecule has 0 saturated heterocycles. The molecule has 0 aromatic rings. The summed E-state index contributed by atoms with van der Waals surface area (Å²) in [6.45, 7) is 9.18. The molecule has 1 saturated carbocycles. The first-order chi connectivity index (χ1) is 8.47. The fourth-order valence-corrected chi connectivity index (χ4v) is 2.68. The van der Waals surface area contributed by atoms with E-state index in [9.17, 15) is 9.59 Å². The Kier molecular flexibility index (Phi) is 5.32. The maximum atomic E-state index is 12.0. The molecule has 18 heavy (non-hydrogen) atoms. The zero-order chi connectivity index (χ0) is 13.7. The van der Waals surface area contributed by atoms with Gasteiger partial charge >= 0.3 is 5.97 Å².